The molecule has 2 aromatic rings. The Morgan fingerprint density at radius 3 is 2.36 bits per heavy atom. The van der Waals surface area contributed by atoms with E-state index in [0.29, 0.717) is 5.56 Å². The Kier molecular flexibility index (Phi) is 4.57. The summed E-state index contributed by atoms with van der Waals surface area (Å²) in [7, 11) is -4.04. The molecule has 1 amide bonds. The molecule has 0 spiro atoms. The highest BCUT2D eigenvalue weighted by atomic mass is 32.2. The molecule has 132 valence electrons. The monoisotopic (exact) mass is 366 g/mol. The maximum absolute atomic E-state index is 13.3. The third-order valence-electron chi connectivity index (χ3n) is 4.08. The molecule has 0 aliphatic carbocycles. The van der Waals surface area contributed by atoms with Crippen LogP contribution in [0.25, 0.3) is 0 Å². The van der Waals surface area contributed by atoms with Crippen LogP contribution in [0.2, 0.25) is 0 Å². The van der Waals surface area contributed by atoms with E-state index in [1.54, 1.807) is 0 Å². The number of rotatable bonds is 3. The average molecular weight is 366 g/mol. The van der Waals surface area contributed by atoms with Crippen molar-refractivity contribution in [3.8, 4) is 0 Å². The highest BCUT2D eigenvalue weighted by Crippen LogP contribution is 2.31. The number of carbonyl (C=O) groups excluding carboxylic acids is 1. The van der Waals surface area contributed by atoms with Gasteiger partial charge in [0, 0.05) is 13.1 Å². The van der Waals surface area contributed by atoms with E-state index >= 15 is 0 Å². The van der Waals surface area contributed by atoms with Gasteiger partial charge in [0.05, 0.1) is 4.90 Å². The van der Waals surface area contributed by atoms with Crippen molar-refractivity contribution in [1.29, 1.82) is 0 Å². The standard InChI is InChI=1S/C17H16F2N2O3S/c1-11-10-14(19)6-7-15(11)25(23,24)21-9-8-20-17(22)16(21)12-2-4-13(18)5-3-12/h2-7,10,16H,8-9H2,1H3,(H,20,22). The fourth-order valence-corrected chi connectivity index (χ4v) is 4.68. The molecule has 1 heterocycles. The second-order valence-corrected chi connectivity index (χ2v) is 7.63. The second kappa shape index (κ2) is 6.53. The summed E-state index contributed by atoms with van der Waals surface area (Å²) >= 11 is 0. The molecule has 3 rings (SSSR count). The number of aryl methyl sites for hydroxylation is 1. The number of halogens is 2. The maximum Gasteiger partial charge on any atom is 0.244 e. The Morgan fingerprint density at radius 1 is 1.08 bits per heavy atom. The SMILES string of the molecule is Cc1cc(F)ccc1S(=O)(=O)N1CCNC(=O)C1c1ccc(F)cc1. The first-order valence-corrected chi connectivity index (χ1v) is 9.06. The molecule has 0 saturated carbocycles. The van der Waals surface area contributed by atoms with Crippen LogP contribution in [-0.2, 0) is 14.8 Å². The number of nitrogens with zero attached hydrogens (tertiary/aromatic N) is 1. The number of hydrogen-bond donors (Lipinski definition) is 1. The summed E-state index contributed by atoms with van der Waals surface area (Å²) in [6.45, 7) is 1.72. The molecule has 1 saturated heterocycles. The number of sulfonamides is 1. The summed E-state index contributed by atoms with van der Waals surface area (Å²) in [6.07, 6.45) is 0. The van der Waals surface area contributed by atoms with Crippen molar-refractivity contribution in [1.82, 2.24) is 9.62 Å². The van der Waals surface area contributed by atoms with Crippen LogP contribution in [-0.4, -0.2) is 31.7 Å². The van der Waals surface area contributed by atoms with Crippen LogP contribution < -0.4 is 5.32 Å². The molecule has 1 N–H and O–H groups in total. The van der Waals surface area contributed by atoms with Crippen molar-refractivity contribution in [3.63, 3.8) is 0 Å². The van der Waals surface area contributed by atoms with Crippen LogP contribution in [0, 0.1) is 18.6 Å². The average Bonchev–Trinajstić information content (AvgIpc) is 2.55. The number of piperazine rings is 1. The first-order chi connectivity index (χ1) is 11.8. The Bertz CT molecular complexity index is 914. The van der Waals surface area contributed by atoms with Crippen molar-refractivity contribution < 1.29 is 22.0 Å². The van der Waals surface area contributed by atoms with E-state index in [1.807, 2.05) is 0 Å². The molecule has 1 fully saturated rings. The largest absolute Gasteiger partial charge is 0.353 e. The zero-order chi connectivity index (χ0) is 18.2. The number of benzene rings is 2. The van der Waals surface area contributed by atoms with Crippen LogP contribution >= 0.6 is 0 Å². The molecule has 5 nitrogen and oxygen atoms in total. The van der Waals surface area contributed by atoms with Gasteiger partial charge in [-0.3, -0.25) is 4.79 Å². The molecular formula is C17H16F2N2O3S. The summed E-state index contributed by atoms with van der Waals surface area (Å²) in [5.41, 5.74) is 0.616. The molecule has 8 heteroatoms. The Balaban J connectivity index is 2.08. The molecule has 0 radical (unpaired) electrons. The number of carbonyl (C=O) groups is 1. The van der Waals surface area contributed by atoms with Gasteiger partial charge in [-0.2, -0.15) is 4.31 Å². The molecule has 1 aliphatic heterocycles. The van der Waals surface area contributed by atoms with E-state index in [0.717, 1.165) is 16.4 Å². The van der Waals surface area contributed by atoms with Crippen LogP contribution in [0.4, 0.5) is 8.78 Å². The third-order valence-corrected chi connectivity index (χ3v) is 6.10. The van der Waals surface area contributed by atoms with Gasteiger partial charge in [0.25, 0.3) is 0 Å². The Hall–Kier alpha value is -2.32. The van der Waals surface area contributed by atoms with Gasteiger partial charge in [0.1, 0.15) is 17.7 Å². The van der Waals surface area contributed by atoms with Gasteiger partial charge in [-0.05, 0) is 48.4 Å². The lowest BCUT2D eigenvalue weighted by atomic mass is 10.0. The van der Waals surface area contributed by atoms with Crippen LogP contribution in [0.5, 0.6) is 0 Å². The smallest absolute Gasteiger partial charge is 0.244 e. The minimum Gasteiger partial charge on any atom is -0.353 e. The number of amides is 1. The lowest BCUT2D eigenvalue weighted by molar-refractivity contribution is -0.126. The van der Waals surface area contributed by atoms with E-state index < -0.39 is 33.6 Å². The van der Waals surface area contributed by atoms with Crippen LogP contribution in [0.15, 0.2) is 47.4 Å². The maximum atomic E-state index is 13.3. The Labute approximate surface area is 144 Å². The van der Waals surface area contributed by atoms with E-state index in [2.05, 4.69) is 5.32 Å². The molecule has 1 unspecified atom stereocenters. The molecule has 25 heavy (non-hydrogen) atoms. The van der Waals surface area contributed by atoms with E-state index in [1.165, 1.54) is 37.3 Å². The van der Waals surface area contributed by atoms with E-state index in [9.17, 15) is 22.0 Å². The minimum atomic E-state index is -4.04. The highest BCUT2D eigenvalue weighted by Gasteiger charge is 2.40. The molecule has 2 aromatic carbocycles. The van der Waals surface area contributed by atoms with Gasteiger partial charge in [-0.15, -0.1) is 0 Å². The van der Waals surface area contributed by atoms with Crippen LogP contribution in [0.3, 0.4) is 0 Å². The van der Waals surface area contributed by atoms with Gasteiger partial charge in [-0.1, -0.05) is 12.1 Å². The number of hydrogen-bond acceptors (Lipinski definition) is 3. The molecule has 0 aromatic heterocycles. The summed E-state index contributed by atoms with van der Waals surface area (Å²) in [5.74, 6) is -1.51. The summed E-state index contributed by atoms with van der Waals surface area (Å²) in [4.78, 5) is 12.3. The van der Waals surface area contributed by atoms with Gasteiger partial charge < -0.3 is 5.32 Å². The lowest BCUT2D eigenvalue weighted by Crippen LogP contribution is -2.52. The lowest BCUT2D eigenvalue weighted by Gasteiger charge is -2.34. The van der Waals surface area contributed by atoms with Crippen molar-refractivity contribution in [2.75, 3.05) is 13.1 Å². The number of nitrogens with one attached hydrogen (secondary N) is 1. The normalized spacial score (nSPS) is 18.8. The van der Waals surface area contributed by atoms with Gasteiger partial charge in [0.2, 0.25) is 15.9 Å². The van der Waals surface area contributed by atoms with Gasteiger partial charge in [-0.25, -0.2) is 17.2 Å². The van der Waals surface area contributed by atoms with Crippen molar-refractivity contribution in [2.24, 2.45) is 0 Å². The van der Waals surface area contributed by atoms with Crippen molar-refractivity contribution >= 4 is 15.9 Å². The third kappa shape index (κ3) is 3.27. The van der Waals surface area contributed by atoms with Crippen molar-refractivity contribution in [3.05, 3.63) is 65.2 Å². The quantitative estimate of drug-likeness (QED) is 0.905. The first kappa shape index (κ1) is 17.5. The fraction of sp³-hybridized carbons (Fsp3) is 0.235. The predicted octanol–water partition coefficient (Wildman–Crippen LogP) is 2.14. The van der Waals surface area contributed by atoms with E-state index in [-0.39, 0.29) is 23.5 Å². The molecule has 1 atom stereocenters. The first-order valence-electron chi connectivity index (χ1n) is 7.62. The predicted molar refractivity (Wildman–Crippen MR) is 87.2 cm³/mol. The Morgan fingerprint density at radius 2 is 1.72 bits per heavy atom. The minimum absolute atomic E-state index is 0.0595. The van der Waals surface area contributed by atoms with Crippen LogP contribution in [0.1, 0.15) is 17.2 Å². The summed E-state index contributed by atoms with van der Waals surface area (Å²) in [5, 5.41) is 2.62. The fourth-order valence-electron chi connectivity index (χ4n) is 2.90. The molecule has 1 aliphatic rings. The highest BCUT2D eigenvalue weighted by molar-refractivity contribution is 7.89. The van der Waals surface area contributed by atoms with E-state index in [4.69, 9.17) is 0 Å². The van der Waals surface area contributed by atoms with Gasteiger partial charge >= 0.3 is 0 Å². The second-order valence-electron chi connectivity index (χ2n) is 5.77. The van der Waals surface area contributed by atoms with Crippen molar-refractivity contribution in [2.45, 2.75) is 17.9 Å². The topological polar surface area (TPSA) is 66.5 Å². The zero-order valence-electron chi connectivity index (χ0n) is 13.4. The molecule has 0 bridgehead atoms. The van der Waals surface area contributed by atoms with Gasteiger partial charge in [0.15, 0.2) is 0 Å². The zero-order valence-corrected chi connectivity index (χ0v) is 14.2. The summed E-state index contributed by atoms with van der Waals surface area (Å²) < 4.78 is 53.7. The summed E-state index contributed by atoms with van der Waals surface area (Å²) in [6, 6.07) is 7.38. The molecular weight excluding hydrogens is 350 g/mol.